The van der Waals surface area contributed by atoms with E-state index in [1.54, 1.807) is 66.7 Å². The predicted molar refractivity (Wildman–Crippen MR) is 137 cm³/mol. The van der Waals surface area contributed by atoms with Crippen LogP contribution in [0.1, 0.15) is 16.7 Å². The minimum absolute atomic E-state index is 0.0642. The van der Waals surface area contributed by atoms with E-state index in [1.165, 1.54) is 12.1 Å². The molecule has 0 aliphatic heterocycles. The Kier molecular flexibility index (Phi) is 8.08. The Morgan fingerprint density at radius 1 is 0.833 bits per heavy atom. The van der Waals surface area contributed by atoms with Crippen LogP contribution in [0.2, 0.25) is 0 Å². The van der Waals surface area contributed by atoms with Crippen molar-refractivity contribution in [3.8, 4) is 17.6 Å². The molecule has 0 aliphatic rings. The fourth-order valence-electron chi connectivity index (χ4n) is 3.36. The summed E-state index contributed by atoms with van der Waals surface area (Å²) in [5.74, 6) is 0.289. The molecule has 5 nitrogen and oxygen atoms in total. The van der Waals surface area contributed by atoms with Crippen molar-refractivity contribution in [2.24, 2.45) is 0 Å². The molecule has 0 heterocycles. The molecule has 6 heteroatoms. The summed E-state index contributed by atoms with van der Waals surface area (Å²) in [7, 11) is 0. The van der Waals surface area contributed by atoms with Crippen LogP contribution in [0.4, 0.5) is 10.1 Å². The summed E-state index contributed by atoms with van der Waals surface area (Å²) in [6.45, 7) is 0.507. The summed E-state index contributed by atoms with van der Waals surface area (Å²) in [5, 5.41) is 12.3. The van der Waals surface area contributed by atoms with Gasteiger partial charge in [0.05, 0.1) is 0 Å². The summed E-state index contributed by atoms with van der Waals surface area (Å²) in [5.41, 5.74) is 2.57. The number of amides is 1. The van der Waals surface area contributed by atoms with E-state index >= 15 is 0 Å². The average Bonchev–Trinajstić information content (AvgIpc) is 2.91. The molecule has 4 aromatic rings. The van der Waals surface area contributed by atoms with Gasteiger partial charge < -0.3 is 14.8 Å². The van der Waals surface area contributed by atoms with Crippen LogP contribution in [0.15, 0.2) is 109 Å². The summed E-state index contributed by atoms with van der Waals surface area (Å²) in [4.78, 5) is 12.7. The Balaban J connectivity index is 1.36. The lowest BCUT2D eigenvalue weighted by atomic mass is 10.1. The van der Waals surface area contributed by atoms with Crippen LogP contribution in [0.3, 0.4) is 0 Å². The standard InChI is InChI=1S/C30H23FN2O3/c31-29-12-5-4-10-24(29)21-36-28-11-6-9-23(18-28)17-25(19-32)30(34)33-26-13-15-27(16-14-26)35-20-22-7-2-1-3-8-22/h1-18H,20-21H2,(H,33,34)/b25-17-. The molecule has 4 rings (SSSR count). The molecule has 0 atom stereocenters. The van der Waals surface area contributed by atoms with Gasteiger partial charge in [0.15, 0.2) is 0 Å². The van der Waals surface area contributed by atoms with Gasteiger partial charge in [-0.2, -0.15) is 5.26 Å². The Labute approximate surface area is 209 Å². The number of rotatable bonds is 9. The average molecular weight is 479 g/mol. The third kappa shape index (κ3) is 6.81. The molecule has 0 saturated carbocycles. The first kappa shape index (κ1) is 24.2. The van der Waals surface area contributed by atoms with Crippen molar-refractivity contribution in [1.82, 2.24) is 0 Å². The molecule has 0 saturated heterocycles. The first-order chi connectivity index (χ1) is 17.6. The molecular weight excluding hydrogens is 455 g/mol. The number of ether oxygens (including phenoxy) is 2. The van der Waals surface area contributed by atoms with Gasteiger partial charge in [0.1, 0.15) is 42.2 Å². The first-order valence-electron chi connectivity index (χ1n) is 11.3. The molecule has 1 amide bonds. The number of carbonyl (C=O) groups excluding carboxylic acids is 1. The van der Waals surface area contributed by atoms with Crippen LogP contribution in [0, 0.1) is 17.1 Å². The molecule has 0 radical (unpaired) electrons. The van der Waals surface area contributed by atoms with Crippen molar-refractivity contribution in [3.05, 3.63) is 131 Å². The number of nitrogens with zero attached hydrogens (tertiary/aromatic N) is 1. The van der Waals surface area contributed by atoms with Gasteiger partial charge >= 0.3 is 0 Å². The number of halogens is 1. The van der Waals surface area contributed by atoms with Gasteiger partial charge in [0.25, 0.3) is 5.91 Å². The van der Waals surface area contributed by atoms with Crippen molar-refractivity contribution >= 4 is 17.7 Å². The second-order valence-corrected chi connectivity index (χ2v) is 7.88. The van der Waals surface area contributed by atoms with Crippen molar-refractivity contribution in [3.63, 3.8) is 0 Å². The van der Waals surface area contributed by atoms with E-state index < -0.39 is 5.91 Å². The van der Waals surface area contributed by atoms with Crippen LogP contribution >= 0.6 is 0 Å². The molecule has 0 bridgehead atoms. The Morgan fingerprint density at radius 2 is 1.56 bits per heavy atom. The topological polar surface area (TPSA) is 71.3 Å². The summed E-state index contributed by atoms with van der Waals surface area (Å²) in [6.07, 6.45) is 1.47. The van der Waals surface area contributed by atoms with Gasteiger partial charge in [0.2, 0.25) is 0 Å². The highest BCUT2D eigenvalue weighted by atomic mass is 19.1. The monoisotopic (exact) mass is 478 g/mol. The second kappa shape index (κ2) is 12.0. The fourth-order valence-corrected chi connectivity index (χ4v) is 3.36. The molecular formula is C30H23FN2O3. The zero-order chi connectivity index (χ0) is 25.2. The number of hydrogen-bond donors (Lipinski definition) is 1. The Bertz CT molecular complexity index is 1390. The summed E-state index contributed by atoms with van der Waals surface area (Å²) in [6, 6.07) is 32.0. The van der Waals surface area contributed by atoms with Crippen LogP contribution in [0.5, 0.6) is 11.5 Å². The maximum atomic E-state index is 13.8. The summed E-state index contributed by atoms with van der Waals surface area (Å²) >= 11 is 0. The fraction of sp³-hybridized carbons (Fsp3) is 0.0667. The molecule has 0 unspecified atom stereocenters. The van der Waals surface area contributed by atoms with Crippen LogP contribution < -0.4 is 14.8 Å². The van der Waals surface area contributed by atoms with Crippen molar-refractivity contribution in [1.29, 1.82) is 5.26 Å². The Hall–Kier alpha value is -4.89. The highest BCUT2D eigenvalue weighted by molar-refractivity contribution is 6.09. The van der Waals surface area contributed by atoms with E-state index in [0.29, 0.717) is 34.9 Å². The van der Waals surface area contributed by atoms with Gasteiger partial charge in [0, 0.05) is 11.3 Å². The van der Waals surface area contributed by atoms with E-state index in [1.807, 2.05) is 36.4 Å². The largest absolute Gasteiger partial charge is 0.489 e. The van der Waals surface area contributed by atoms with E-state index in [9.17, 15) is 14.4 Å². The van der Waals surface area contributed by atoms with Gasteiger partial charge in [-0.15, -0.1) is 0 Å². The number of nitriles is 1. The third-order valence-electron chi connectivity index (χ3n) is 5.25. The van der Waals surface area contributed by atoms with E-state index in [4.69, 9.17) is 9.47 Å². The summed E-state index contributed by atoms with van der Waals surface area (Å²) < 4.78 is 25.2. The van der Waals surface area contributed by atoms with Gasteiger partial charge in [-0.1, -0.05) is 60.7 Å². The molecule has 4 aromatic carbocycles. The number of benzene rings is 4. The molecule has 36 heavy (non-hydrogen) atoms. The van der Waals surface area contributed by atoms with Gasteiger partial charge in [-0.05, 0) is 59.7 Å². The number of hydrogen-bond acceptors (Lipinski definition) is 4. The number of carbonyl (C=O) groups is 1. The lowest BCUT2D eigenvalue weighted by molar-refractivity contribution is -0.112. The van der Waals surface area contributed by atoms with Gasteiger partial charge in [-0.25, -0.2) is 4.39 Å². The third-order valence-corrected chi connectivity index (χ3v) is 5.25. The molecule has 178 valence electrons. The Morgan fingerprint density at radius 3 is 2.31 bits per heavy atom. The highest BCUT2D eigenvalue weighted by Gasteiger charge is 2.10. The molecule has 0 fully saturated rings. The van der Waals surface area contributed by atoms with E-state index in [0.717, 1.165) is 5.56 Å². The van der Waals surface area contributed by atoms with Crippen LogP contribution in [-0.4, -0.2) is 5.91 Å². The van der Waals surface area contributed by atoms with E-state index in [2.05, 4.69) is 5.32 Å². The zero-order valence-electron chi connectivity index (χ0n) is 19.4. The molecule has 0 aromatic heterocycles. The maximum absolute atomic E-state index is 13.8. The predicted octanol–water partition coefficient (Wildman–Crippen LogP) is 6.53. The maximum Gasteiger partial charge on any atom is 0.266 e. The van der Waals surface area contributed by atoms with Crippen molar-refractivity contribution < 1.29 is 18.7 Å². The van der Waals surface area contributed by atoms with Crippen molar-refractivity contribution in [2.75, 3.05) is 5.32 Å². The molecule has 0 aliphatic carbocycles. The van der Waals surface area contributed by atoms with Crippen LogP contribution in [0.25, 0.3) is 6.08 Å². The lowest BCUT2D eigenvalue weighted by Crippen LogP contribution is -2.13. The minimum Gasteiger partial charge on any atom is -0.489 e. The van der Waals surface area contributed by atoms with Gasteiger partial charge in [-0.3, -0.25) is 4.79 Å². The lowest BCUT2D eigenvalue weighted by Gasteiger charge is -2.09. The molecule has 0 spiro atoms. The highest BCUT2D eigenvalue weighted by Crippen LogP contribution is 2.20. The normalized spacial score (nSPS) is 10.8. The first-order valence-corrected chi connectivity index (χ1v) is 11.3. The number of nitrogens with one attached hydrogen (secondary N) is 1. The molecule has 1 N–H and O–H groups in total. The minimum atomic E-state index is -0.534. The SMILES string of the molecule is N#C/C(=C/c1cccc(OCc2ccccc2F)c1)C(=O)Nc1ccc(OCc2ccccc2)cc1. The van der Waals surface area contributed by atoms with Crippen molar-refractivity contribution in [2.45, 2.75) is 13.2 Å². The number of anilines is 1. The second-order valence-electron chi connectivity index (χ2n) is 7.88. The quantitative estimate of drug-likeness (QED) is 0.219. The van der Waals surface area contributed by atoms with E-state index in [-0.39, 0.29) is 18.0 Å². The zero-order valence-corrected chi connectivity index (χ0v) is 19.4. The smallest absolute Gasteiger partial charge is 0.266 e. The van der Waals surface area contributed by atoms with Crippen LogP contribution in [-0.2, 0) is 18.0 Å².